The number of hydrogen-bond donors (Lipinski definition) is 1. The van der Waals surface area contributed by atoms with E-state index in [1.165, 1.54) is 57.8 Å². The quantitative estimate of drug-likeness (QED) is 0.530. The summed E-state index contributed by atoms with van der Waals surface area (Å²) in [4.78, 5) is 10.3. The average Bonchev–Trinajstić information content (AvgIpc) is 2.25. The maximum atomic E-state index is 10.3. The van der Waals surface area contributed by atoms with E-state index in [-0.39, 0.29) is 68.9 Å². The van der Waals surface area contributed by atoms with E-state index in [1.807, 2.05) is 0 Å². The molecular weight excluding hydrogens is 333 g/mol. The van der Waals surface area contributed by atoms with Gasteiger partial charge in [-0.05, 0) is 6.42 Å². The Morgan fingerprint density at radius 2 is 1.12 bits per heavy atom. The molecule has 0 heterocycles. The number of carboxylic acids is 1. The van der Waals surface area contributed by atoms with Crippen LogP contribution < -0.4 is 0 Å². The topological polar surface area (TPSA) is 37.3 Å². The van der Waals surface area contributed by atoms with Gasteiger partial charge in [-0.1, -0.05) is 71.1 Å². The summed E-state index contributed by atoms with van der Waals surface area (Å²) >= 11 is 0. The van der Waals surface area contributed by atoms with Gasteiger partial charge in [-0.25, -0.2) is 0 Å². The zero-order chi connectivity index (χ0) is 12.1. The van der Waals surface area contributed by atoms with E-state index in [1.54, 1.807) is 0 Å². The number of rotatable bonds is 12. The van der Waals surface area contributed by atoms with Gasteiger partial charge in [0.15, 0.2) is 0 Å². The van der Waals surface area contributed by atoms with Crippen LogP contribution in [0, 0.1) is 0 Å². The predicted molar refractivity (Wildman–Crippen MR) is 75.9 cm³/mol. The van der Waals surface area contributed by atoms with Gasteiger partial charge in [0.05, 0.1) is 0 Å². The van der Waals surface area contributed by atoms with Gasteiger partial charge in [0.2, 0.25) is 0 Å². The van der Waals surface area contributed by atoms with Gasteiger partial charge >= 0.3 is 74.9 Å². The van der Waals surface area contributed by atoms with Crippen LogP contribution in [0.5, 0.6) is 0 Å². The van der Waals surface area contributed by atoms with Gasteiger partial charge in [-0.15, -0.1) is 0 Å². The van der Waals surface area contributed by atoms with Crippen molar-refractivity contribution in [2.24, 2.45) is 0 Å². The van der Waals surface area contributed by atoms with Crippen LogP contribution in [0.2, 0.25) is 0 Å². The van der Waals surface area contributed by atoms with Gasteiger partial charge < -0.3 is 5.11 Å². The summed E-state index contributed by atoms with van der Waals surface area (Å²) in [7, 11) is 0. The Morgan fingerprint density at radius 1 is 0.765 bits per heavy atom. The molecular formula is C14H29CsO2. The molecule has 98 valence electrons. The van der Waals surface area contributed by atoms with Crippen LogP contribution in [0.4, 0.5) is 0 Å². The monoisotopic (exact) mass is 362 g/mol. The van der Waals surface area contributed by atoms with Crippen molar-refractivity contribution < 1.29 is 9.90 Å². The number of carboxylic acid groups (broad SMARTS) is 1. The molecule has 0 fully saturated rings. The molecule has 0 bridgehead atoms. The number of carbonyl (C=O) groups is 1. The maximum absolute atomic E-state index is 10.3. The fraction of sp³-hybridized carbons (Fsp3) is 0.929. The van der Waals surface area contributed by atoms with Gasteiger partial charge in [-0.2, -0.15) is 0 Å². The fourth-order valence-corrected chi connectivity index (χ4v) is 1.94. The second-order valence-corrected chi connectivity index (χ2v) is 4.68. The normalized spacial score (nSPS) is 9.94. The summed E-state index contributed by atoms with van der Waals surface area (Å²) in [6.07, 6.45) is 14.4. The molecule has 0 atom stereocenters. The molecule has 17 heavy (non-hydrogen) atoms. The summed E-state index contributed by atoms with van der Waals surface area (Å²) in [5.41, 5.74) is 0. The van der Waals surface area contributed by atoms with Crippen LogP contribution in [0.3, 0.4) is 0 Å². The Kier molecular flexibility index (Phi) is 21.5. The SMILES string of the molecule is CCCCCCCCCCCCCC(=O)O.[CsH]. The number of unbranched alkanes of at least 4 members (excludes halogenated alkanes) is 10. The summed E-state index contributed by atoms with van der Waals surface area (Å²) in [5, 5.41) is 8.46. The van der Waals surface area contributed by atoms with Gasteiger partial charge in [0.25, 0.3) is 0 Å². The Labute approximate surface area is 166 Å². The van der Waals surface area contributed by atoms with Gasteiger partial charge in [-0.3, -0.25) is 4.79 Å². The van der Waals surface area contributed by atoms with Crippen molar-refractivity contribution in [2.75, 3.05) is 0 Å². The van der Waals surface area contributed by atoms with Gasteiger partial charge in [0.1, 0.15) is 0 Å². The first-order valence-corrected chi connectivity index (χ1v) is 6.99. The van der Waals surface area contributed by atoms with Crippen molar-refractivity contribution >= 4 is 74.9 Å². The summed E-state index contributed by atoms with van der Waals surface area (Å²) in [6, 6.07) is 0. The van der Waals surface area contributed by atoms with Crippen molar-refractivity contribution in [1.29, 1.82) is 0 Å². The molecule has 0 rings (SSSR count). The molecule has 0 aromatic carbocycles. The first-order chi connectivity index (χ1) is 7.77. The molecule has 1 N–H and O–H groups in total. The van der Waals surface area contributed by atoms with Crippen LogP contribution in [0.1, 0.15) is 84.0 Å². The summed E-state index contributed by atoms with van der Waals surface area (Å²) in [5.74, 6) is -0.657. The van der Waals surface area contributed by atoms with Crippen molar-refractivity contribution in [3.8, 4) is 0 Å². The Bertz CT molecular complexity index is 160. The third-order valence-corrected chi connectivity index (χ3v) is 2.99. The second kappa shape index (κ2) is 17.5. The number of aliphatic carboxylic acids is 1. The fourth-order valence-electron chi connectivity index (χ4n) is 1.94. The molecule has 0 aliphatic carbocycles. The molecule has 0 saturated heterocycles. The van der Waals surface area contributed by atoms with Crippen molar-refractivity contribution in [3.63, 3.8) is 0 Å². The van der Waals surface area contributed by atoms with E-state index in [4.69, 9.17) is 5.11 Å². The van der Waals surface area contributed by atoms with Crippen LogP contribution in [0.15, 0.2) is 0 Å². The van der Waals surface area contributed by atoms with Crippen LogP contribution in [-0.2, 0) is 4.79 Å². The molecule has 0 unspecified atom stereocenters. The minimum absolute atomic E-state index is 0. The molecule has 2 nitrogen and oxygen atoms in total. The summed E-state index contributed by atoms with van der Waals surface area (Å²) < 4.78 is 0. The molecule has 0 amide bonds. The standard InChI is InChI=1S/C14H28O2.Cs.H/c1-2-3-4-5-6-7-8-9-10-11-12-13-14(15)16;;/h2-13H2,1H3,(H,15,16);;. The van der Waals surface area contributed by atoms with Crippen molar-refractivity contribution in [3.05, 3.63) is 0 Å². The molecule has 0 aliphatic rings. The Morgan fingerprint density at radius 3 is 1.47 bits per heavy atom. The van der Waals surface area contributed by atoms with Crippen LogP contribution >= 0.6 is 0 Å². The molecule has 0 aliphatic heterocycles. The van der Waals surface area contributed by atoms with Crippen LogP contribution in [-0.4, -0.2) is 80.0 Å². The zero-order valence-corrected chi connectivity index (χ0v) is 10.8. The molecule has 0 radical (unpaired) electrons. The van der Waals surface area contributed by atoms with E-state index in [0.29, 0.717) is 6.42 Å². The third kappa shape index (κ3) is 20.0. The average molecular weight is 362 g/mol. The Hall–Kier alpha value is 1.52. The van der Waals surface area contributed by atoms with Gasteiger partial charge in [0, 0.05) is 6.42 Å². The molecule has 3 heteroatoms. The summed E-state index contributed by atoms with van der Waals surface area (Å²) in [6.45, 7) is 2.25. The van der Waals surface area contributed by atoms with E-state index >= 15 is 0 Å². The first-order valence-electron chi connectivity index (χ1n) is 6.99. The minimum atomic E-state index is -0.657. The van der Waals surface area contributed by atoms with Crippen LogP contribution in [0.25, 0.3) is 0 Å². The number of hydrogen-bond acceptors (Lipinski definition) is 1. The second-order valence-electron chi connectivity index (χ2n) is 4.68. The zero-order valence-electron chi connectivity index (χ0n) is 10.8. The van der Waals surface area contributed by atoms with E-state index in [2.05, 4.69) is 6.92 Å². The first kappa shape index (κ1) is 20.8. The molecule has 0 aromatic rings. The molecule has 0 spiro atoms. The van der Waals surface area contributed by atoms with E-state index in [0.717, 1.165) is 12.8 Å². The van der Waals surface area contributed by atoms with E-state index in [9.17, 15) is 4.79 Å². The predicted octanol–water partition coefficient (Wildman–Crippen LogP) is 4.12. The van der Waals surface area contributed by atoms with Crippen molar-refractivity contribution in [2.45, 2.75) is 84.0 Å². The Balaban J connectivity index is 0. The molecule has 0 aromatic heterocycles. The van der Waals surface area contributed by atoms with E-state index < -0.39 is 5.97 Å². The van der Waals surface area contributed by atoms with Crippen molar-refractivity contribution in [1.82, 2.24) is 0 Å². The third-order valence-electron chi connectivity index (χ3n) is 2.99. The molecule has 0 saturated carbocycles.